The van der Waals surface area contributed by atoms with Crippen LogP contribution in [0.2, 0.25) is 0 Å². The van der Waals surface area contributed by atoms with Crippen molar-refractivity contribution in [1.29, 1.82) is 0 Å². The maximum atomic E-state index is 11.2. The van der Waals surface area contributed by atoms with E-state index in [9.17, 15) is 18.3 Å². The van der Waals surface area contributed by atoms with Gasteiger partial charge in [-0.2, -0.15) is 5.11 Å². The fourth-order valence-corrected chi connectivity index (χ4v) is 2.72. The van der Waals surface area contributed by atoms with E-state index in [0.29, 0.717) is 16.6 Å². The van der Waals surface area contributed by atoms with E-state index in [2.05, 4.69) is 20.5 Å². The van der Waals surface area contributed by atoms with Gasteiger partial charge in [0.1, 0.15) is 0 Å². The maximum absolute atomic E-state index is 11.2. The minimum Gasteiger partial charge on any atom is -0.493 e. The number of nitrogens with one attached hydrogen (secondary N) is 2. The molecular weight excluding hydrogens is 386 g/mol. The Morgan fingerprint density at radius 1 is 1.11 bits per heavy atom. The van der Waals surface area contributed by atoms with Crippen molar-refractivity contribution < 1.29 is 23.4 Å². The van der Waals surface area contributed by atoms with Crippen LogP contribution in [0.25, 0.3) is 10.9 Å². The van der Waals surface area contributed by atoms with Crippen molar-refractivity contribution in [2.75, 3.05) is 14.1 Å². The fourth-order valence-electron chi connectivity index (χ4n) is 2.21. The Hall–Kier alpha value is -3.28. The topological polar surface area (TPSA) is 170 Å². The van der Waals surface area contributed by atoms with Gasteiger partial charge in [0.25, 0.3) is 0 Å². The number of benzene rings is 2. The Kier molecular flexibility index (Phi) is 6.46. The van der Waals surface area contributed by atoms with Crippen molar-refractivity contribution in [1.82, 2.24) is 10.3 Å². The minimum absolute atomic E-state index is 0.0421. The van der Waals surface area contributed by atoms with Crippen LogP contribution in [-0.4, -0.2) is 43.7 Å². The number of azo groups is 1. The first-order valence-electron chi connectivity index (χ1n) is 7.88. The van der Waals surface area contributed by atoms with E-state index in [0.717, 1.165) is 0 Å². The molecule has 0 amide bonds. The summed E-state index contributed by atoms with van der Waals surface area (Å²) >= 11 is 0. The second kappa shape index (κ2) is 8.61. The monoisotopic (exact) mass is 405 g/mol. The normalized spacial score (nSPS) is 11.4. The first-order chi connectivity index (χ1) is 13.2. The highest BCUT2D eigenvalue weighted by atomic mass is 32.2. The largest absolute Gasteiger partial charge is 0.493 e. The van der Waals surface area contributed by atoms with Gasteiger partial charge < -0.3 is 20.5 Å². The van der Waals surface area contributed by atoms with Crippen molar-refractivity contribution in [2.45, 2.75) is 4.90 Å². The van der Waals surface area contributed by atoms with E-state index < -0.39 is 16.0 Å². The van der Waals surface area contributed by atoms with E-state index in [4.69, 9.17) is 10.2 Å². The van der Waals surface area contributed by atoms with Crippen molar-refractivity contribution in [2.24, 2.45) is 15.4 Å². The molecule has 3 rings (SSSR count). The van der Waals surface area contributed by atoms with Crippen LogP contribution in [0.1, 0.15) is 10.4 Å². The van der Waals surface area contributed by atoms with Crippen LogP contribution >= 0.6 is 0 Å². The molecule has 148 valence electrons. The van der Waals surface area contributed by atoms with Crippen molar-refractivity contribution in [3.8, 4) is 5.88 Å². The number of fused-ring (bicyclic) bond motifs is 1. The number of aromatic nitrogens is 1. The Balaban J connectivity index is 0.000000878. The molecule has 0 radical (unpaired) electrons. The Labute approximate surface area is 160 Å². The van der Waals surface area contributed by atoms with E-state index in [-0.39, 0.29) is 22.0 Å². The lowest BCUT2D eigenvalue weighted by Gasteiger charge is -1.98. The molecule has 1 heterocycles. The van der Waals surface area contributed by atoms with Crippen LogP contribution in [-0.2, 0) is 10.0 Å². The summed E-state index contributed by atoms with van der Waals surface area (Å²) < 4.78 is 22.4. The summed E-state index contributed by atoms with van der Waals surface area (Å²) in [6, 6.07) is 9.64. The molecule has 2 aromatic carbocycles. The number of aromatic hydroxyl groups is 1. The van der Waals surface area contributed by atoms with E-state index >= 15 is 0 Å². The van der Waals surface area contributed by atoms with Gasteiger partial charge in [0.05, 0.1) is 21.7 Å². The summed E-state index contributed by atoms with van der Waals surface area (Å²) in [7, 11) is -0.0491. The number of primary sulfonamides is 1. The molecule has 6 N–H and O–H groups in total. The number of H-pyrrole nitrogens is 1. The summed E-state index contributed by atoms with van der Waals surface area (Å²) in [5.74, 6) is -1.37. The molecule has 11 heteroatoms. The Morgan fingerprint density at radius 3 is 2.25 bits per heavy atom. The van der Waals surface area contributed by atoms with Crippen molar-refractivity contribution in [3.05, 3.63) is 48.0 Å². The second-order valence-corrected chi connectivity index (χ2v) is 7.19. The lowest BCUT2D eigenvalue weighted by Crippen LogP contribution is -2.11. The van der Waals surface area contributed by atoms with E-state index in [1.165, 1.54) is 42.5 Å². The van der Waals surface area contributed by atoms with Gasteiger partial charge in [-0.25, -0.2) is 18.4 Å². The van der Waals surface area contributed by atoms with Crippen LogP contribution in [0.5, 0.6) is 5.88 Å². The zero-order chi connectivity index (χ0) is 20.9. The smallest absolute Gasteiger partial charge is 0.335 e. The molecule has 0 atom stereocenters. The summed E-state index contributed by atoms with van der Waals surface area (Å²) in [5.41, 5.74) is 0.950. The third kappa shape index (κ3) is 4.91. The van der Waals surface area contributed by atoms with Crippen molar-refractivity contribution >= 4 is 38.3 Å². The third-order valence-electron chi connectivity index (χ3n) is 3.43. The molecule has 10 nitrogen and oxygen atoms in total. The molecule has 0 aliphatic rings. The van der Waals surface area contributed by atoms with E-state index in [1.54, 1.807) is 0 Å². The lowest BCUT2D eigenvalue weighted by atomic mass is 10.1. The number of carboxylic acid groups (broad SMARTS) is 1. The molecule has 0 saturated heterocycles. The van der Waals surface area contributed by atoms with Crippen LogP contribution in [0.4, 0.5) is 11.4 Å². The number of nitrogens with two attached hydrogens (primary N) is 1. The molecular formula is C17H19N5O5S. The molecule has 1 aromatic heterocycles. The average molecular weight is 405 g/mol. The predicted octanol–water partition coefficient (Wildman–Crippen LogP) is 2.47. The SMILES string of the molecule is CNC.NS(=O)(=O)c1ccc(N=Nc2c(O)[nH]c3ccc(C(=O)O)cc23)cc1. The number of aromatic amines is 1. The predicted molar refractivity (Wildman–Crippen MR) is 104 cm³/mol. The van der Waals surface area contributed by atoms with Crippen LogP contribution in [0.3, 0.4) is 0 Å². The number of hydrogen-bond donors (Lipinski definition) is 5. The summed E-state index contributed by atoms with van der Waals surface area (Å²) in [6.45, 7) is 0. The molecule has 0 bridgehead atoms. The highest BCUT2D eigenvalue weighted by molar-refractivity contribution is 7.89. The highest BCUT2D eigenvalue weighted by Crippen LogP contribution is 2.36. The molecule has 0 aliphatic carbocycles. The zero-order valence-electron chi connectivity index (χ0n) is 15.0. The highest BCUT2D eigenvalue weighted by Gasteiger charge is 2.13. The first-order valence-corrected chi connectivity index (χ1v) is 9.43. The average Bonchev–Trinajstić information content (AvgIpc) is 2.94. The number of hydrogen-bond acceptors (Lipinski definition) is 7. The van der Waals surface area contributed by atoms with Gasteiger partial charge in [-0.05, 0) is 56.6 Å². The standard InChI is InChI=1S/C15H12N4O5S.C2H7N/c16-25(23,24)10-4-2-9(3-5-10)18-19-13-11-7-8(15(21)22)1-6-12(11)17-14(13)20;1-3-2/h1-7,17,20H,(H,21,22)(H2,16,23,24);3H,1-2H3. The van der Waals surface area contributed by atoms with E-state index in [1.807, 2.05) is 14.1 Å². The maximum Gasteiger partial charge on any atom is 0.335 e. The molecule has 0 saturated carbocycles. The summed E-state index contributed by atoms with van der Waals surface area (Å²) in [6.07, 6.45) is 0. The first kappa shape index (κ1) is 21.0. The quantitative estimate of drug-likeness (QED) is 0.417. The molecule has 0 aliphatic heterocycles. The number of aromatic carboxylic acids is 1. The van der Waals surface area contributed by atoms with Gasteiger partial charge in [-0.1, -0.05) is 0 Å². The number of sulfonamides is 1. The fraction of sp³-hybridized carbons (Fsp3) is 0.118. The number of rotatable bonds is 4. The molecule has 0 spiro atoms. The van der Waals surface area contributed by atoms with Gasteiger partial charge in [0, 0.05) is 5.39 Å². The molecule has 0 unspecified atom stereocenters. The zero-order valence-corrected chi connectivity index (χ0v) is 15.9. The lowest BCUT2D eigenvalue weighted by molar-refractivity contribution is 0.0697. The van der Waals surface area contributed by atoms with Gasteiger partial charge >= 0.3 is 5.97 Å². The number of carboxylic acids is 1. The number of nitrogens with zero attached hydrogens (tertiary/aromatic N) is 2. The van der Waals surface area contributed by atoms with Crippen LogP contribution < -0.4 is 10.5 Å². The van der Waals surface area contributed by atoms with Crippen LogP contribution in [0.15, 0.2) is 57.6 Å². The molecule has 3 aromatic rings. The Bertz CT molecular complexity index is 1120. The van der Waals surface area contributed by atoms with Gasteiger partial charge in [0.2, 0.25) is 15.9 Å². The molecule has 28 heavy (non-hydrogen) atoms. The third-order valence-corrected chi connectivity index (χ3v) is 4.36. The van der Waals surface area contributed by atoms with Gasteiger partial charge in [-0.15, -0.1) is 5.11 Å². The van der Waals surface area contributed by atoms with Crippen LogP contribution in [0, 0.1) is 0 Å². The van der Waals surface area contributed by atoms with Gasteiger partial charge in [-0.3, -0.25) is 0 Å². The van der Waals surface area contributed by atoms with Gasteiger partial charge in [0.15, 0.2) is 5.69 Å². The number of carbonyl (C=O) groups is 1. The second-order valence-electron chi connectivity index (χ2n) is 5.63. The van der Waals surface area contributed by atoms with Crippen molar-refractivity contribution in [3.63, 3.8) is 0 Å². The Morgan fingerprint density at radius 2 is 1.71 bits per heavy atom. The molecule has 0 fully saturated rings. The minimum atomic E-state index is -3.80. The summed E-state index contributed by atoms with van der Waals surface area (Å²) in [4.78, 5) is 13.7. The summed E-state index contributed by atoms with van der Waals surface area (Å²) in [5, 5.41) is 35.0.